The Morgan fingerprint density at radius 1 is 1.06 bits per heavy atom. The normalized spacial score (nSPS) is 16.6. The Balaban J connectivity index is 1.37. The third-order valence-electron chi connectivity index (χ3n) is 6.27. The van der Waals surface area contributed by atoms with Crippen LogP contribution in [0.2, 0.25) is 0 Å². The maximum atomic E-state index is 13.2. The molecule has 11 heteroatoms. The Hall–Kier alpha value is -2.69. The largest absolute Gasteiger partial charge is 0.446 e. The number of fused-ring (bicyclic) bond motifs is 1. The Bertz CT molecular complexity index is 1180. The first kappa shape index (κ1) is 25.4. The molecular weight excluding hydrogens is 492 g/mol. The van der Waals surface area contributed by atoms with E-state index in [1.165, 1.54) is 30.3 Å². The van der Waals surface area contributed by atoms with Crippen LogP contribution in [-0.2, 0) is 6.54 Å². The van der Waals surface area contributed by atoms with E-state index in [0.29, 0.717) is 48.9 Å². The van der Waals surface area contributed by atoms with Gasteiger partial charge in [-0.1, -0.05) is 12.1 Å². The molecule has 0 aliphatic carbocycles. The van der Waals surface area contributed by atoms with E-state index in [9.17, 15) is 31.1 Å². The monoisotopic (exact) mass is 515 g/mol. The highest BCUT2D eigenvalue weighted by Crippen LogP contribution is 2.38. The number of piperidine rings is 1. The van der Waals surface area contributed by atoms with Gasteiger partial charge in [0.1, 0.15) is 0 Å². The minimum absolute atomic E-state index is 0.0205. The summed E-state index contributed by atoms with van der Waals surface area (Å²) in [6.45, 7) is 2.64. The predicted octanol–water partition coefficient (Wildman–Crippen LogP) is 6.87. The molecule has 2 aromatic carbocycles. The van der Waals surface area contributed by atoms with Crippen LogP contribution in [0.4, 0.5) is 26.3 Å². The Morgan fingerprint density at radius 2 is 1.71 bits per heavy atom. The molecule has 1 saturated heterocycles. The molecule has 4 rings (SSSR count). The average molecular weight is 516 g/mol. The van der Waals surface area contributed by atoms with Gasteiger partial charge in [0.15, 0.2) is 0 Å². The predicted molar refractivity (Wildman–Crippen MR) is 121 cm³/mol. The molecule has 0 saturated carbocycles. The number of alkyl halides is 6. The van der Waals surface area contributed by atoms with E-state index in [2.05, 4.69) is 5.10 Å². The summed E-state index contributed by atoms with van der Waals surface area (Å²) in [7, 11) is 0. The molecule has 0 radical (unpaired) electrons. The molecule has 1 aromatic heterocycles. The van der Waals surface area contributed by atoms with E-state index in [1.54, 1.807) is 27.9 Å². The van der Waals surface area contributed by atoms with Gasteiger partial charge in [-0.15, -0.1) is 0 Å². The maximum absolute atomic E-state index is 13.2. The standard InChI is InChI=1S/C24H23F6N3OS/c1-15(23(25,26)27)19-3-2-4-21-20(19)14-33(31-21)13-16-9-11-32(12-10-16)22(34)17-5-7-18(8-6-17)35-24(28,29)30/h2-8,14-16H,9-13H2,1H3. The number of hydrogen-bond donors (Lipinski definition) is 0. The lowest BCUT2D eigenvalue weighted by Crippen LogP contribution is -2.39. The lowest BCUT2D eigenvalue weighted by molar-refractivity contribution is -0.146. The summed E-state index contributed by atoms with van der Waals surface area (Å²) in [5.41, 5.74) is -3.34. The number of amides is 1. The fraction of sp³-hybridized carbons (Fsp3) is 0.417. The molecule has 2 heterocycles. The summed E-state index contributed by atoms with van der Waals surface area (Å²) in [6, 6.07) is 10.1. The van der Waals surface area contributed by atoms with Crippen molar-refractivity contribution in [1.29, 1.82) is 0 Å². The number of carbonyl (C=O) groups excluding carboxylic acids is 1. The number of thioether (sulfide) groups is 1. The lowest BCUT2D eigenvalue weighted by atomic mass is 9.96. The molecule has 188 valence electrons. The second-order valence-electron chi connectivity index (χ2n) is 8.70. The van der Waals surface area contributed by atoms with Crippen LogP contribution in [0, 0.1) is 5.92 Å². The highest BCUT2D eigenvalue weighted by atomic mass is 32.2. The molecule has 1 aliphatic heterocycles. The van der Waals surface area contributed by atoms with Crippen molar-refractivity contribution in [1.82, 2.24) is 14.7 Å². The summed E-state index contributed by atoms with van der Waals surface area (Å²) >= 11 is -0.226. The zero-order valence-corrected chi connectivity index (χ0v) is 19.6. The van der Waals surface area contributed by atoms with Gasteiger partial charge in [-0.2, -0.15) is 31.4 Å². The molecule has 1 unspecified atom stereocenters. The van der Waals surface area contributed by atoms with Crippen LogP contribution in [0.3, 0.4) is 0 Å². The third-order valence-corrected chi connectivity index (χ3v) is 7.01. The smallest absolute Gasteiger partial charge is 0.339 e. The number of likely N-dealkylation sites (tertiary alicyclic amines) is 1. The van der Waals surface area contributed by atoms with Gasteiger partial charge in [0.25, 0.3) is 5.91 Å². The average Bonchev–Trinajstić information content (AvgIpc) is 3.20. The third kappa shape index (κ3) is 6.12. The second-order valence-corrected chi connectivity index (χ2v) is 9.84. The molecule has 3 aromatic rings. The Morgan fingerprint density at radius 3 is 2.31 bits per heavy atom. The molecule has 4 nitrogen and oxygen atoms in total. The fourth-order valence-electron chi connectivity index (χ4n) is 4.33. The minimum atomic E-state index is -4.38. The number of halogens is 6. The van der Waals surface area contributed by atoms with Crippen molar-refractivity contribution in [3.05, 3.63) is 59.8 Å². The van der Waals surface area contributed by atoms with Crippen molar-refractivity contribution in [3.8, 4) is 0 Å². The van der Waals surface area contributed by atoms with Gasteiger partial charge in [0.2, 0.25) is 0 Å². The van der Waals surface area contributed by atoms with Crippen LogP contribution in [0.25, 0.3) is 10.9 Å². The number of hydrogen-bond acceptors (Lipinski definition) is 3. The van der Waals surface area contributed by atoms with Crippen LogP contribution in [-0.4, -0.2) is 45.4 Å². The first-order chi connectivity index (χ1) is 16.4. The van der Waals surface area contributed by atoms with E-state index < -0.39 is 17.6 Å². The van der Waals surface area contributed by atoms with Gasteiger partial charge < -0.3 is 4.90 Å². The molecule has 1 fully saturated rings. The van der Waals surface area contributed by atoms with Crippen LogP contribution in [0.1, 0.15) is 41.6 Å². The van der Waals surface area contributed by atoms with Gasteiger partial charge in [0, 0.05) is 41.7 Å². The van der Waals surface area contributed by atoms with E-state index in [0.717, 1.165) is 6.92 Å². The molecule has 0 spiro atoms. The quantitative estimate of drug-likeness (QED) is 0.275. The van der Waals surface area contributed by atoms with Gasteiger partial charge in [-0.3, -0.25) is 9.48 Å². The van der Waals surface area contributed by atoms with Gasteiger partial charge >= 0.3 is 11.7 Å². The number of benzene rings is 2. The zero-order chi connectivity index (χ0) is 25.4. The summed E-state index contributed by atoms with van der Waals surface area (Å²) < 4.78 is 78.9. The second kappa shape index (κ2) is 9.75. The van der Waals surface area contributed by atoms with Crippen molar-refractivity contribution in [3.63, 3.8) is 0 Å². The molecule has 35 heavy (non-hydrogen) atoms. The highest BCUT2D eigenvalue weighted by Gasteiger charge is 2.38. The summed E-state index contributed by atoms with van der Waals surface area (Å²) in [5, 5.41) is 4.94. The van der Waals surface area contributed by atoms with Gasteiger partial charge in [-0.25, -0.2) is 0 Å². The number of aromatic nitrogens is 2. The van der Waals surface area contributed by atoms with E-state index >= 15 is 0 Å². The van der Waals surface area contributed by atoms with Crippen molar-refractivity contribution in [2.24, 2.45) is 5.92 Å². The van der Waals surface area contributed by atoms with Crippen molar-refractivity contribution < 1.29 is 31.1 Å². The molecule has 1 atom stereocenters. The summed E-state index contributed by atoms with van der Waals surface area (Å²) in [5.74, 6) is -1.63. The Kier molecular flexibility index (Phi) is 7.08. The van der Waals surface area contributed by atoms with Crippen molar-refractivity contribution in [2.45, 2.75) is 48.8 Å². The topological polar surface area (TPSA) is 38.1 Å². The first-order valence-electron chi connectivity index (χ1n) is 11.1. The Labute approximate surface area is 202 Å². The fourth-order valence-corrected chi connectivity index (χ4v) is 4.87. The number of rotatable bonds is 5. The minimum Gasteiger partial charge on any atom is -0.339 e. The first-order valence-corrected chi connectivity index (χ1v) is 11.9. The van der Waals surface area contributed by atoms with Crippen molar-refractivity contribution >= 4 is 28.6 Å². The molecular formula is C24H23F6N3OS. The van der Waals surface area contributed by atoms with Crippen molar-refractivity contribution in [2.75, 3.05) is 13.1 Å². The summed E-state index contributed by atoms with van der Waals surface area (Å²) in [6.07, 6.45) is -1.30. The van der Waals surface area contributed by atoms with E-state index in [1.807, 2.05) is 0 Å². The van der Waals surface area contributed by atoms with Crippen LogP contribution in [0.15, 0.2) is 53.6 Å². The number of carbonyl (C=O) groups is 1. The van der Waals surface area contributed by atoms with E-state index in [4.69, 9.17) is 0 Å². The molecule has 1 aliphatic rings. The van der Waals surface area contributed by atoms with Crippen LogP contribution in [0.5, 0.6) is 0 Å². The molecule has 0 N–H and O–H groups in total. The van der Waals surface area contributed by atoms with Crippen LogP contribution >= 0.6 is 11.8 Å². The SMILES string of the molecule is CC(c1cccc2nn(CC3CCN(C(=O)c4ccc(SC(F)(F)F)cc4)CC3)cc12)C(F)(F)F. The van der Waals surface area contributed by atoms with E-state index in [-0.39, 0.29) is 34.0 Å². The maximum Gasteiger partial charge on any atom is 0.446 e. The molecule has 0 bridgehead atoms. The zero-order valence-electron chi connectivity index (χ0n) is 18.7. The van der Waals surface area contributed by atoms with Crippen LogP contribution < -0.4 is 0 Å². The number of nitrogens with zero attached hydrogens (tertiary/aromatic N) is 3. The molecule has 1 amide bonds. The lowest BCUT2D eigenvalue weighted by Gasteiger charge is -2.32. The highest BCUT2D eigenvalue weighted by molar-refractivity contribution is 8.00. The van der Waals surface area contributed by atoms with Gasteiger partial charge in [-0.05, 0) is 73.3 Å². The van der Waals surface area contributed by atoms with Gasteiger partial charge in [0.05, 0.1) is 11.4 Å². The summed E-state index contributed by atoms with van der Waals surface area (Å²) in [4.78, 5) is 14.4.